The van der Waals surface area contributed by atoms with Crippen molar-refractivity contribution in [1.82, 2.24) is 15.6 Å². The Morgan fingerprint density at radius 1 is 1.33 bits per heavy atom. The number of benzene rings is 1. The molecule has 0 aliphatic carbocycles. The third-order valence-corrected chi connectivity index (χ3v) is 5.37. The topological polar surface area (TPSA) is 100 Å². The van der Waals surface area contributed by atoms with Gasteiger partial charge in [0.05, 0.1) is 18.0 Å². The largest absolute Gasteiger partial charge is 0.355 e. The molecule has 0 radical (unpaired) electrons. The summed E-state index contributed by atoms with van der Waals surface area (Å²) < 4.78 is 0. The lowest BCUT2D eigenvalue weighted by molar-refractivity contribution is -0.126. The third-order valence-electron chi connectivity index (χ3n) is 4.19. The van der Waals surface area contributed by atoms with Gasteiger partial charge in [-0.15, -0.1) is 11.3 Å². The van der Waals surface area contributed by atoms with Crippen LogP contribution in [0.5, 0.6) is 0 Å². The van der Waals surface area contributed by atoms with Crippen LogP contribution in [0.25, 0.3) is 0 Å². The van der Waals surface area contributed by atoms with Crippen LogP contribution in [-0.2, 0) is 27.3 Å². The minimum atomic E-state index is -0.256. The van der Waals surface area contributed by atoms with E-state index in [9.17, 15) is 14.4 Å². The molecule has 0 spiro atoms. The van der Waals surface area contributed by atoms with Gasteiger partial charge in [-0.25, -0.2) is 4.98 Å². The number of hydrogen-bond donors (Lipinski definition) is 3. The van der Waals surface area contributed by atoms with Crippen LogP contribution in [0.2, 0.25) is 5.02 Å². The molecule has 2 heterocycles. The highest BCUT2D eigenvalue weighted by Gasteiger charge is 2.25. The molecule has 9 heteroatoms. The van der Waals surface area contributed by atoms with Crippen LogP contribution in [0, 0.1) is 5.92 Å². The van der Waals surface area contributed by atoms with Crippen molar-refractivity contribution in [3.63, 3.8) is 0 Å². The first kappa shape index (κ1) is 19.3. The van der Waals surface area contributed by atoms with Gasteiger partial charge in [-0.1, -0.05) is 29.8 Å². The lowest BCUT2D eigenvalue weighted by atomic mass is 9.98. The fraction of sp³-hybridized carbons (Fsp3) is 0.333. The smallest absolute Gasteiger partial charge is 0.231 e. The number of carbonyl (C=O) groups excluding carboxylic acids is 3. The van der Waals surface area contributed by atoms with Gasteiger partial charge in [-0.2, -0.15) is 0 Å². The predicted octanol–water partition coefficient (Wildman–Crippen LogP) is 2.12. The molecule has 142 valence electrons. The molecule has 0 bridgehead atoms. The molecular weight excluding hydrogens is 388 g/mol. The number of nitrogens with one attached hydrogen (secondary N) is 3. The van der Waals surface area contributed by atoms with Crippen LogP contribution in [-0.4, -0.2) is 29.3 Å². The van der Waals surface area contributed by atoms with E-state index in [2.05, 4.69) is 20.9 Å². The van der Waals surface area contributed by atoms with Crippen molar-refractivity contribution in [3.8, 4) is 0 Å². The number of hydrogen-bond acceptors (Lipinski definition) is 5. The Balaban J connectivity index is 1.47. The van der Waals surface area contributed by atoms with Gasteiger partial charge in [0.1, 0.15) is 0 Å². The van der Waals surface area contributed by atoms with E-state index in [4.69, 9.17) is 11.6 Å². The van der Waals surface area contributed by atoms with Crippen molar-refractivity contribution < 1.29 is 14.4 Å². The van der Waals surface area contributed by atoms with E-state index in [1.165, 1.54) is 11.3 Å². The fourth-order valence-corrected chi connectivity index (χ4v) is 3.59. The molecule has 1 atom stereocenters. The molecular formula is C18H19ClN4O3S. The number of thiazole rings is 1. The summed E-state index contributed by atoms with van der Waals surface area (Å²) in [4.78, 5) is 39.7. The van der Waals surface area contributed by atoms with E-state index in [1.54, 1.807) is 11.4 Å². The second kappa shape index (κ2) is 8.96. The summed E-state index contributed by atoms with van der Waals surface area (Å²) in [7, 11) is 0. The summed E-state index contributed by atoms with van der Waals surface area (Å²) >= 11 is 7.34. The Bertz CT molecular complexity index is 845. The average Bonchev–Trinajstić information content (AvgIpc) is 3.08. The first-order chi connectivity index (χ1) is 13.0. The zero-order chi connectivity index (χ0) is 19.2. The molecule has 3 amide bonds. The monoisotopic (exact) mass is 406 g/mol. The van der Waals surface area contributed by atoms with Crippen LogP contribution in [0.3, 0.4) is 0 Å². The van der Waals surface area contributed by atoms with Crippen molar-refractivity contribution in [2.45, 2.75) is 25.8 Å². The molecule has 1 fully saturated rings. The molecule has 1 aliphatic rings. The number of carbonyl (C=O) groups is 3. The maximum Gasteiger partial charge on any atom is 0.231 e. The molecule has 7 nitrogen and oxygen atoms in total. The molecule has 27 heavy (non-hydrogen) atoms. The third kappa shape index (κ3) is 5.51. The Kier molecular flexibility index (Phi) is 6.41. The van der Waals surface area contributed by atoms with Crippen molar-refractivity contribution in [3.05, 3.63) is 45.9 Å². The van der Waals surface area contributed by atoms with Crippen molar-refractivity contribution >= 4 is 45.8 Å². The molecule has 1 saturated heterocycles. The van der Waals surface area contributed by atoms with Crippen LogP contribution >= 0.6 is 22.9 Å². The molecule has 1 aromatic heterocycles. The quantitative estimate of drug-likeness (QED) is 0.684. The van der Waals surface area contributed by atoms with Crippen LogP contribution in [0.1, 0.15) is 24.1 Å². The molecule has 1 unspecified atom stereocenters. The zero-order valence-corrected chi connectivity index (χ0v) is 16.0. The van der Waals surface area contributed by atoms with Crippen LogP contribution < -0.4 is 16.0 Å². The number of piperidine rings is 1. The Morgan fingerprint density at radius 2 is 2.15 bits per heavy atom. The van der Waals surface area contributed by atoms with Crippen LogP contribution in [0.4, 0.5) is 5.13 Å². The molecule has 3 N–H and O–H groups in total. The van der Waals surface area contributed by atoms with Gasteiger partial charge in [0.2, 0.25) is 17.7 Å². The Hall–Kier alpha value is -2.45. The van der Waals surface area contributed by atoms with Gasteiger partial charge in [-0.3, -0.25) is 14.4 Å². The van der Waals surface area contributed by atoms with E-state index in [0.29, 0.717) is 41.8 Å². The number of nitrogens with zero attached hydrogens (tertiary/aromatic N) is 1. The highest BCUT2D eigenvalue weighted by atomic mass is 35.5. The SMILES string of the molecule is O=C1CCC(C(=O)Nc2nc(CC(=O)NCc3ccccc3Cl)cs2)CN1. The number of aromatic nitrogens is 1. The van der Waals surface area contributed by atoms with E-state index >= 15 is 0 Å². The molecule has 1 aromatic carbocycles. The molecule has 3 rings (SSSR count). The minimum absolute atomic E-state index is 0.0293. The molecule has 1 aliphatic heterocycles. The maximum atomic E-state index is 12.2. The highest BCUT2D eigenvalue weighted by Crippen LogP contribution is 2.19. The first-order valence-electron chi connectivity index (χ1n) is 8.53. The standard InChI is InChI=1S/C18H19ClN4O3S/c19-14-4-2-1-3-11(14)8-21-16(25)7-13-10-27-18(22-13)23-17(26)12-5-6-15(24)20-9-12/h1-4,10,12H,5-9H2,(H,20,24)(H,21,25)(H,22,23,26). The van der Waals surface area contributed by atoms with Crippen LogP contribution in [0.15, 0.2) is 29.6 Å². The number of halogens is 1. The Labute approximate surface area is 165 Å². The number of rotatable bonds is 6. The van der Waals surface area contributed by atoms with Gasteiger partial charge < -0.3 is 16.0 Å². The first-order valence-corrected chi connectivity index (χ1v) is 9.79. The summed E-state index contributed by atoms with van der Waals surface area (Å²) in [6.45, 7) is 0.687. The second-order valence-corrected chi connectivity index (χ2v) is 7.48. The highest BCUT2D eigenvalue weighted by molar-refractivity contribution is 7.13. The van der Waals surface area contributed by atoms with E-state index in [0.717, 1.165) is 5.56 Å². The minimum Gasteiger partial charge on any atom is -0.355 e. The molecule has 0 saturated carbocycles. The number of anilines is 1. The second-order valence-electron chi connectivity index (χ2n) is 6.22. The van der Waals surface area contributed by atoms with E-state index in [1.807, 2.05) is 18.2 Å². The van der Waals surface area contributed by atoms with Crippen molar-refractivity contribution in [2.24, 2.45) is 5.92 Å². The summed E-state index contributed by atoms with van der Waals surface area (Å²) in [5, 5.41) is 11.0. The van der Waals surface area contributed by atoms with Gasteiger partial charge in [-0.05, 0) is 18.1 Å². The zero-order valence-electron chi connectivity index (χ0n) is 14.5. The summed E-state index contributed by atoms with van der Waals surface area (Å²) in [5.74, 6) is -0.625. The van der Waals surface area contributed by atoms with Gasteiger partial charge in [0, 0.05) is 29.9 Å². The maximum absolute atomic E-state index is 12.2. The van der Waals surface area contributed by atoms with Crippen molar-refractivity contribution in [2.75, 3.05) is 11.9 Å². The fourth-order valence-electron chi connectivity index (χ4n) is 2.67. The lowest BCUT2D eigenvalue weighted by Crippen LogP contribution is -2.40. The summed E-state index contributed by atoms with van der Waals surface area (Å²) in [6, 6.07) is 7.32. The molecule has 2 aromatic rings. The van der Waals surface area contributed by atoms with Gasteiger partial charge >= 0.3 is 0 Å². The Morgan fingerprint density at radius 3 is 2.89 bits per heavy atom. The summed E-state index contributed by atoms with van der Waals surface area (Å²) in [6.07, 6.45) is 1.00. The van der Waals surface area contributed by atoms with E-state index in [-0.39, 0.29) is 30.1 Å². The predicted molar refractivity (Wildman–Crippen MR) is 103 cm³/mol. The van der Waals surface area contributed by atoms with Gasteiger partial charge in [0.25, 0.3) is 0 Å². The van der Waals surface area contributed by atoms with E-state index < -0.39 is 0 Å². The van der Waals surface area contributed by atoms with Gasteiger partial charge in [0.15, 0.2) is 5.13 Å². The normalized spacial score (nSPS) is 16.5. The number of amides is 3. The van der Waals surface area contributed by atoms with Crippen molar-refractivity contribution in [1.29, 1.82) is 0 Å². The summed E-state index contributed by atoms with van der Waals surface area (Å²) in [5.41, 5.74) is 1.43. The average molecular weight is 407 g/mol. The lowest BCUT2D eigenvalue weighted by Gasteiger charge is -2.20.